The molecule has 1 saturated heterocycles. The molecule has 0 spiro atoms. The molecule has 2 heterocycles. The van der Waals surface area contributed by atoms with Gasteiger partial charge in [0.1, 0.15) is 5.82 Å². The lowest BCUT2D eigenvalue weighted by molar-refractivity contribution is -0.121. The molecule has 0 atom stereocenters. The van der Waals surface area contributed by atoms with Crippen LogP contribution in [0.25, 0.3) is 0 Å². The van der Waals surface area contributed by atoms with E-state index < -0.39 is 5.82 Å². The van der Waals surface area contributed by atoms with Crippen molar-refractivity contribution >= 4 is 17.5 Å². The summed E-state index contributed by atoms with van der Waals surface area (Å²) in [6, 6.07) is 7.95. The Morgan fingerprint density at radius 1 is 1.27 bits per heavy atom. The standard InChI is InChI=1S/C19H21FN4O2/c20-17-10-16(4-3-14(17)11-21)23-18(25)13-5-8-24(9-6-13)19(26)15-2-1-7-22-12-15/h1-4,7,10,12-13H,5-6,8-9,11,21H2,(H,23,25). The minimum absolute atomic E-state index is 0.0728. The summed E-state index contributed by atoms with van der Waals surface area (Å²) in [6.07, 6.45) is 4.30. The molecule has 0 saturated carbocycles. The van der Waals surface area contributed by atoms with Gasteiger partial charge in [0.2, 0.25) is 5.91 Å². The topological polar surface area (TPSA) is 88.3 Å². The molecule has 3 N–H and O–H groups in total. The molecule has 2 aromatic rings. The maximum absolute atomic E-state index is 13.8. The van der Waals surface area contributed by atoms with Gasteiger partial charge in [-0.05, 0) is 37.1 Å². The number of nitrogens with two attached hydrogens (primary N) is 1. The Morgan fingerprint density at radius 2 is 2.04 bits per heavy atom. The third-order valence-corrected chi connectivity index (χ3v) is 4.60. The van der Waals surface area contributed by atoms with Crippen molar-refractivity contribution in [3.05, 3.63) is 59.7 Å². The smallest absolute Gasteiger partial charge is 0.255 e. The zero-order valence-electron chi connectivity index (χ0n) is 14.3. The average molecular weight is 356 g/mol. The summed E-state index contributed by atoms with van der Waals surface area (Å²) >= 11 is 0. The Bertz CT molecular complexity index is 789. The predicted molar refractivity (Wildman–Crippen MR) is 95.8 cm³/mol. The van der Waals surface area contributed by atoms with E-state index in [1.54, 1.807) is 41.6 Å². The van der Waals surface area contributed by atoms with Crippen LogP contribution in [0.5, 0.6) is 0 Å². The molecule has 1 aromatic carbocycles. The number of carbonyl (C=O) groups is 2. The molecule has 3 rings (SSSR count). The molecule has 0 radical (unpaired) electrons. The van der Waals surface area contributed by atoms with Crippen molar-refractivity contribution in [2.24, 2.45) is 11.7 Å². The van der Waals surface area contributed by atoms with Crippen LogP contribution in [0.4, 0.5) is 10.1 Å². The first-order valence-electron chi connectivity index (χ1n) is 8.57. The highest BCUT2D eigenvalue weighted by atomic mass is 19.1. The molecule has 0 unspecified atom stereocenters. The fourth-order valence-corrected chi connectivity index (χ4v) is 3.05. The summed E-state index contributed by atoms with van der Waals surface area (Å²) in [6.45, 7) is 1.13. The Morgan fingerprint density at radius 3 is 2.65 bits per heavy atom. The molecule has 26 heavy (non-hydrogen) atoms. The lowest BCUT2D eigenvalue weighted by atomic mass is 9.95. The molecule has 1 aliphatic heterocycles. The second-order valence-corrected chi connectivity index (χ2v) is 6.31. The maximum atomic E-state index is 13.8. The van der Waals surface area contributed by atoms with Crippen molar-refractivity contribution in [3.63, 3.8) is 0 Å². The van der Waals surface area contributed by atoms with Crippen LogP contribution in [0.1, 0.15) is 28.8 Å². The number of nitrogens with one attached hydrogen (secondary N) is 1. The van der Waals surface area contributed by atoms with Crippen LogP contribution in [-0.4, -0.2) is 34.8 Å². The van der Waals surface area contributed by atoms with Gasteiger partial charge in [-0.3, -0.25) is 14.6 Å². The number of hydrogen-bond acceptors (Lipinski definition) is 4. The molecule has 1 aliphatic rings. The summed E-state index contributed by atoms with van der Waals surface area (Å²) in [7, 11) is 0. The summed E-state index contributed by atoms with van der Waals surface area (Å²) < 4.78 is 13.8. The van der Waals surface area contributed by atoms with Crippen LogP contribution in [0.15, 0.2) is 42.7 Å². The molecule has 0 aliphatic carbocycles. The first-order valence-corrected chi connectivity index (χ1v) is 8.57. The van der Waals surface area contributed by atoms with Crippen LogP contribution < -0.4 is 11.1 Å². The van der Waals surface area contributed by atoms with E-state index in [0.717, 1.165) is 0 Å². The number of pyridine rings is 1. The second-order valence-electron chi connectivity index (χ2n) is 6.31. The van der Waals surface area contributed by atoms with Crippen molar-refractivity contribution < 1.29 is 14.0 Å². The molecular formula is C19H21FN4O2. The van der Waals surface area contributed by atoms with E-state index in [4.69, 9.17) is 5.73 Å². The number of rotatable bonds is 4. The first-order chi connectivity index (χ1) is 12.6. The first kappa shape index (κ1) is 18.0. The van der Waals surface area contributed by atoms with Gasteiger partial charge in [-0.15, -0.1) is 0 Å². The van der Waals surface area contributed by atoms with Gasteiger partial charge in [-0.1, -0.05) is 6.07 Å². The van der Waals surface area contributed by atoms with Gasteiger partial charge < -0.3 is 16.0 Å². The summed E-state index contributed by atoms with van der Waals surface area (Å²) in [4.78, 5) is 30.5. The van der Waals surface area contributed by atoms with E-state index in [9.17, 15) is 14.0 Å². The lowest BCUT2D eigenvalue weighted by Crippen LogP contribution is -2.41. The number of amides is 2. The zero-order chi connectivity index (χ0) is 18.5. The van der Waals surface area contributed by atoms with Gasteiger partial charge in [0.25, 0.3) is 5.91 Å². The van der Waals surface area contributed by atoms with E-state index in [-0.39, 0.29) is 24.3 Å². The molecule has 1 fully saturated rings. The number of likely N-dealkylation sites (tertiary alicyclic amines) is 1. The van der Waals surface area contributed by atoms with Crippen LogP contribution in [0.3, 0.4) is 0 Å². The van der Waals surface area contributed by atoms with Crippen LogP contribution in [0, 0.1) is 11.7 Å². The van der Waals surface area contributed by atoms with Gasteiger partial charge in [0.15, 0.2) is 0 Å². The van der Waals surface area contributed by atoms with Gasteiger partial charge in [-0.25, -0.2) is 4.39 Å². The summed E-state index contributed by atoms with van der Waals surface area (Å²) in [5, 5.41) is 2.75. The zero-order valence-corrected chi connectivity index (χ0v) is 14.3. The molecule has 136 valence electrons. The highest BCUT2D eigenvalue weighted by molar-refractivity contribution is 5.95. The van der Waals surface area contributed by atoms with Crippen molar-refractivity contribution in [1.29, 1.82) is 0 Å². The van der Waals surface area contributed by atoms with Crippen LogP contribution >= 0.6 is 0 Å². The van der Waals surface area contributed by atoms with E-state index in [0.29, 0.717) is 42.7 Å². The average Bonchev–Trinajstić information content (AvgIpc) is 2.68. The Hall–Kier alpha value is -2.80. The molecule has 7 heteroatoms. The highest BCUT2D eigenvalue weighted by Gasteiger charge is 2.28. The quantitative estimate of drug-likeness (QED) is 0.879. The van der Waals surface area contributed by atoms with Gasteiger partial charge in [0, 0.05) is 49.2 Å². The molecule has 0 bridgehead atoms. The van der Waals surface area contributed by atoms with Gasteiger partial charge in [0.05, 0.1) is 5.56 Å². The summed E-state index contributed by atoms with van der Waals surface area (Å²) in [5.41, 5.74) is 6.80. The van der Waals surface area contributed by atoms with Crippen molar-refractivity contribution in [2.75, 3.05) is 18.4 Å². The Kier molecular flexibility index (Phi) is 5.58. The van der Waals surface area contributed by atoms with Crippen LogP contribution in [0.2, 0.25) is 0 Å². The molecule has 2 amide bonds. The van der Waals surface area contributed by atoms with E-state index in [2.05, 4.69) is 10.3 Å². The third kappa shape index (κ3) is 4.05. The monoisotopic (exact) mass is 356 g/mol. The molecular weight excluding hydrogens is 335 g/mol. The van der Waals surface area contributed by atoms with E-state index >= 15 is 0 Å². The fourth-order valence-electron chi connectivity index (χ4n) is 3.05. The Balaban J connectivity index is 1.55. The SMILES string of the molecule is NCc1ccc(NC(=O)C2CCN(C(=O)c3cccnc3)CC2)cc1F. The van der Waals surface area contributed by atoms with Crippen LogP contribution in [-0.2, 0) is 11.3 Å². The number of halogens is 1. The number of carbonyl (C=O) groups excluding carboxylic acids is 2. The van der Waals surface area contributed by atoms with E-state index in [1.807, 2.05) is 0 Å². The van der Waals surface area contributed by atoms with E-state index in [1.165, 1.54) is 6.07 Å². The normalized spacial score (nSPS) is 14.9. The minimum atomic E-state index is -0.429. The number of aromatic nitrogens is 1. The number of nitrogens with zero attached hydrogens (tertiary/aromatic N) is 2. The third-order valence-electron chi connectivity index (χ3n) is 4.60. The van der Waals surface area contributed by atoms with Crippen molar-refractivity contribution in [1.82, 2.24) is 9.88 Å². The largest absolute Gasteiger partial charge is 0.339 e. The lowest BCUT2D eigenvalue weighted by Gasteiger charge is -2.31. The molecule has 6 nitrogen and oxygen atoms in total. The number of piperidine rings is 1. The maximum Gasteiger partial charge on any atom is 0.255 e. The summed E-state index contributed by atoms with van der Waals surface area (Å²) in [5.74, 6) is -0.859. The number of anilines is 1. The number of hydrogen-bond donors (Lipinski definition) is 2. The van der Waals surface area contributed by atoms with Gasteiger partial charge >= 0.3 is 0 Å². The predicted octanol–water partition coefficient (Wildman–Crippen LogP) is 2.17. The number of benzene rings is 1. The van der Waals surface area contributed by atoms with Crippen molar-refractivity contribution in [3.8, 4) is 0 Å². The Labute approximate surface area is 151 Å². The highest BCUT2D eigenvalue weighted by Crippen LogP contribution is 2.22. The molecule has 1 aromatic heterocycles. The van der Waals surface area contributed by atoms with Crippen molar-refractivity contribution in [2.45, 2.75) is 19.4 Å². The van der Waals surface area contributed by atoms with Gasteiger partial charge in [-0.2, -0.15) is 0 Å². The minimum Gasteiger partial charge on any atom is -0.339 e. The second kappa shape index (κ2) is 8.05. The fraction of sp³-hybridized carbons (Fsp3) is 0.316.